The van der Waals surface area contributed by atoms with E-state index in [0.717, 1.165) is 23.3 Å². The number of hydrogen-bond acceptors (Lipinski definition) is 2. The molecule has 0 spiro atoms. The number of nitrogens with one attached hydrogen (secondary N) is 1. The topological polar surface area (TPSA) is 38.3 Å². The second-order valence-corrected chi connectivity index (χ2v) is 7.03. The molecule has 0 bridgehead atoms. The molecule has 3 heteroatoms. The van der Waals surface area contributed by atoms with Crippen molar-refractivity contribution < 1.29 is 9.53 Å². The van der Waals surface area contributed by atoms with Gasteiger partial charge in [-0.1, -0.05) is 78.9 Å². The Balaban J connectivity index is 1.77. The molecule has 2 atom stereocenters. The number of hydrogen-bond donors (Lipinski definition) is 1. The summed E-state index contributed by atoms with van der Waals surface area (Å²) in [6, 6.07) is 28.3. The van der Waals surface area contributed by atoms with Crippen molar-refractivity contribution in [1.82, 2.24) is 5.32 Å². The van der Waals surface area contributed by atoms with Crippen molar-refractivity contribution in [3.63, 3.8) is 0 Å². The second kappa shape index (κ2) is 9.75. The van der Waals surface area contributed by atoms with Gasteiger partial charge in [-0.15, -0.1) is 0 Å². The van der Waals surface area contributed by atoms with Gasteiger partial charge in [0, 0.05) is 12.3 Å². The van der Waals surface area contributed by atoms with Gasteiger partial charge in [0.25, 0.3) is 0 Å². The van der Waals surface area contributed by atoms with Crippen LogP contribution in [0.2, 0.25) is 0 Å². The van der Waals surface area contributed by atoms with Crippen LogP contribution in [0.25, 0.3) is 0 Å². The summed E-state index contributed by atoms with van der Waals surface area (Å²) in [5, 5.41) is 3.14. The van der Waals surface area contributed by atoms with Gasteiger partial charge in [-0.05, 0) is 36.1 Å². The fourth-order valence-electron chi connectivity index (χ4n) is 3.54. The van der Waals surface area contributed by atoms with E-state index in [1.807, 2.05) is 73.7 Å². The van der Waals surface area contributed by atoms with Crippen LogP contribution in [-0.4, -0.2) is 13.0 Å². The minimum absolute atomic E-state index is 0.0243. The summed E-state index contributed by atoms with van der Waals surface area (Å²) in [5.74, 6) is 0.914. The molecule has 0 unspecified atom stereocenters. The smallest absolute Gasteiger partial charge is 0.221 e. The minimum atomic E-state index is -0.0243. The fourth-order valence-corrected chi connectivity index (χ4v) is 3.54. The van der Waals surface area contributed by atoms with Gasteiger partial charge in [0.2, 0.25) is 5.91 Å². The summed E-state index contributed by atoms with van der Waals surface area (Å²) in [7, 11) is 1.68. The van der Waals surface area contributed by atoms with Gasteiger partial charge in [-0.25, -0.2) is 0 Å². The SMILES string of the molecule is COc1ccccc1[C@@H](CC(=O)N[C@@H](C)c1ccccc1)Cc1ccccc1. The highest BCUT2D eigenvalue weighted by Gasteiger charge is 2.21. The molecule has 1 N–H and O–H groups in total. The highest BCUT2D eigenvalue weighted by atomic mass is 16.5. The molecular formula is C25H27NO2. The molecule has 0 saturated carbocycles. The van der Waals surface area contributed by atoms with Gasteiger partial charge in [-0.3, -0.25) is 4.79 Å². The zero-order chi connectivity index (χ0) is 19.8. The van der Waals surface area contributed by atoms with Crippen molar-refractivity contribution >= 4 is 5.91 Å². The lowest BCUT2D eigenvalue weighted by Gasteiger charge is -2.21. The number of carbonyl (C=O) groups is 1. The molecule has 0 aliphatic rings. The van der Waals surface area contributed by atoms with Crippen molar-refractivity contribution in [2.45, 2.75) is 31.7 Å². The molecular weight excluding hydrogens is 346 g/mol. The quantitative estimate of drug-likeness (QED) is 0.583. The maximum atomic E-state index is 12.8. The normalized spacial score (nSPS) is 12.8. The Morgan fingerprint density at radius 2 is 1.50 bits per heavy atom. The Labute approximate surface area is 167 Å². The van der Waals surface area contributed by atoms with E-state index in [2.05, 4.69) is 23.5 Å². The number of ether oxygens (including phenoxy) is 1. The molecule has 0 heterocycles. The van der Waals surface area contributed by atoms with E-state index < -0.39 is 0 Å². The fraction of sp³-hybridized carbons (Fsp3) is 0.240. The number of amides is 1. The first-order valence-electron chi connectivity index (χ1n) is 9.68. The first-order valence-corrected chi connectivity index (χ1v) is 9.68. The lowest BCUT2D eigenvalue weighted by molar-refractivity contribution is -0.122. The Hall–Kier alpha value is -3.07. The van der Waals surface area contributed by atoms with Crippen molar-refractivity contribution in [1.29, 1.82) is 0 Å². The first kappa shape index (κ1) is 19.7. The van der Waals surface area contributed by atoms with Crippen molar-refractivity contribution in [2.24, 2.45) is 0 Å². The molecule has 3 rings (SSSR count). The number of methoxy groups -OCH3 is 1. The largest absolute Gasteiger partial charge is 0.496 e. The van der Waals surface area contributed by atoms with Crippen molar-refractivity contribution in [3.8, 4) is 5.75 Å². The average molecular weight is 373 g/mol. The third-order valence-electron chi connectivity index (χ3n) is 5.01. The first-order chi connectivity index (χ1) is 13.7. The molecule has 3 aromatic carbocycles. The standard InChI is InChI=1S/C25H27NO2/c1-19(21-13-7-4-8-14-21)26-25(27)18-22(17-20-11-5-3-6-12-20)23-15-9-10-16-24(23)28-2/h3-16,19,22H,17-18H2,1-2H3,(H,26,27)/t19-,22+/m0/s1. The summed E-state index contributed by atoms with van der Waals surface area (Å²) in [5.41, 5.74) is 3.38. The van der Waals surface area contributed by atoms with Gasteiger partial charge in [0.15, 0.2) is 0 Å². The van der Waals surface area contributed by atoms with Crippen LogP contribution in [0.3, 0.4) is 0 Å². The van der Waals surface area contributed by atoms with Crippen LogP contribution in [0.1, 0.15) is 42.0 Å². The lowest BCUT2D eigenvalue weighted by Crippen LogP contribution is -2.28. The molecule has 3 aromatic rings. The monoisotopic (exact) mass is 373 g/mol. The second-order valence-electron chi connectivity index (χ2n) is 7.03. The zero-order valence-electron chi connectivity index (χ0n) is 16.5. The van der Waals surface area contributed by atoms with Gasteiger partial charge in [0.1, 0.15) is 5.75 Å². The average Bonchev–Trinajstić information content (AvgIpc) is 2.74. The zero-order valence-corrected chi connectivity index (χ0v) is 16.5. The minimum Gasteiger partial charge on any atom is -0.496 e. The molecule has 3 nitrogen and oxygen atoms in total. The molecule has 0 radical (unpaired) electrons. The summed E-state index contributed by atoms with van der Waals surface area (Å²) in [6.07, 6.45) is 1.20. The molecule has 28 heavy (non-hydrogen) atoms. The molecule has 0 saturated heterocycles. The maximum absolute atomic E-state index is 12.8. The van der Waals surface area contributed by atoms with Crippen molar-refractivity contribution in [2.75, 3.05) is 7.11 Å². The number of carbonyl (C=O) groups excluding carboxylic acids is 1. The predicted octanol–water partition coefficient (Wildman–Crippen LogP) is 5.29. The summed E-state index contributed by atoms with van der Waals surface area (Å²) in [6.45, 7) is 2.02. The van der Waals surface area contributed by atoms with E-state index in [0.29, 0.717) is 6.42 Å². The summed E-state index contributed by atoms with van der Waals surface area (Å²) in [4.78, 5) is 12.8. The molecule has 0 aliphatic carbocycles. The van der Waals surface area contributed by atoms with E-state index in [4.69, 9.17) is 4.74 Å². The van der Waals surface area contributed by atoms with Gasteiger partial charge in [0.05, 0.1) is 13.2 Å². The maximum Gasteiger partial charge on any atom is 0.221 e. The molecule has 144 valence electrons. The third-order valence-corrected chi connectivity index (χ3v) is 5.01. The Kier molecular flexibility index (Phi) is 6.85. The van der Waals surface area contributed by atoms with Crippen LogP contribution in [0, 0.1) is 0 Å². The van der Waals surface area contributed by atoms with E-state index in [-0.39, 0.29) is 17.9 Å². The van der Waals surface area contributed by atoms with E-state index in [1.54, 1.807) is 7.11 Å². The van der Waals surface area contributed by atoms with Crippen LogP contribution in [0.15, 0.2) is 84.9 Å². The molecule has 0 aromatic heterocycles. The number of para-hydroxylation sites is 1. The molecule has 0 aliphatic heterocycles. The number of rotatable bonds is 8. The van der Waals surface area contributed by atoms with Crippen LogP contribution < -0.4 is 10.1 Å². The van der Waals surface area contributed by atoms with Crippen LogP contribution in [-0.2, 0) is 11.2 Å². The Morgan fingerprint density at radius 3 is 2.18 bits per heavy atom. The van der Waals surface area contributed by atoms with Crippen molar-refractivity contribution in [3.05, 3.63) is 102 Å². The molecule has 0 fully saturated rings. The van der Waals surface area contributed by atoms with Gasteiger partial charge in [-0.2, -0.15) is 0 Å². The van der Waals surface area contributed by atoms with Crippen LogP contribution >= 0.6 is 0 Å². The third kappa shape index (κ3) is 5.23. The highest BCUT2D eigenvalue weighted by molar-refractivity contribution is 5.77. The summed E-state index contributed by atoms with van der Waals surface area (Å²) < 4.78 is 5.56. The highest BCUT2D eigenvalue weighted by Crippen LogP contribution is 2.32. The van der Waals surface area contributed by atoms with Crippen LogP contribution in [0.4, 0.5) is 0 Å². The number of benzene rings is 3. The Morgan fingerprint density at radius 1 is 0.893 bits per heavy atom. The van der Waals surface area contributed by atoms with E-state index in [9.17, 15) is 4.79 Å². The van der Waals surface area contributed by atoms with Gasteiger partial charge >= 0.3 is 0 Å². The molecule has 1 amide bonds. The van der Waals surface area contributed by atoms with E-state index >= 15 is 0 Å². The van der Waals surface area contributed by atoms with E-state index in [1.165, 1.54) is 5.56 Å². The predicted molar refractivity (Wildman–Crippen MR) is 113 cm³/mol. The van der Waals surface area contributed by atoms with Gasteiger partial charge < -0.3 is 10.1 Å². The summed E-state index contributed by atoms with van der Waals surface area (Å²) >= 11 is 0. The Bertz CT molecular complexity index is 877. The van der Waals surface area contributed by atoms with Crippen LogP contribution in [0.5, 0.6) is 5.75 Å². The lowest BCUT2D eigenvalue weighted by atomic mass is 9.88.